The van der Waals surface area contributed by atoms with Crippen LogP contribution in [0, 0.1) is 0 Å². The van der Waals surface area contributed by atoms with Crippen molar-refractivity contribution in [3.63, 3.8) is 0 Å². The van der Waals surface area contributed by atoms with Crippen molar-refractivity contribution >= 4 is 60.2 Å². The summed E-state index contributed by atoms with van der Waals surface area (Å²) in [5.74, 6) is 0. The molecule has 0 unspecified atom stereocenters. The SMILES string of the molecule is CC1(C)c2ccccc2-c2c(N(c3ccc(-c4cccc5ccccc45)cc3)c3ccc(-c4cc5ccccc5c5ccc6ccccc6c45)cc3)cccc21. The van der Waals surface area contributed by atoms with E-state index in [1.54, 1.807) is 0 Å². The average molecular weight is 714 g/mol. The molecule has 0 bridgehead atoms. The van der Waals surface area contributed by atoms with E-state index in [-0.39, 0.29) is 5.41 Å². The number of rotatable bonds is 5. The van der Waals surface area contributed by atoms with Crippen molar-refractivity contribution in [2.24, 2.45) is 0 Å². The van der Waals surface area contributed by atoms with E-state index >= 15 is 0 Å². The Morgan fingerprint density at radius 1 is 0.357 bits per heavy atom. The van der Waals surface area contributed by atoms with Crippen molar-refractivity contribution in [2.75, 3.05) is 4.90 Å². The van der Waals surface area contributed by atoms with Gasteiger partial charge in [-0.2, -0.15) is 0 Å². The lowest BCUT2D eigenvalue weighted by Gasteiger charge is -2.29. The quantitative estimate of drug-likeness (QED) is 0.161. The Kier molecular flexibility index (Phi) is 7.28. The highest BCUT2D eigenvalue weighted by Gasteiger charge is 2.37. The molecular formula is C55H39N. The molecule has 0 spiro atoms. The largest absolute Gasteiger partial charge is 0.310 e. The summed E-state index contributed by atoms with van der Waals surface area (Å²) in [6.07, 6.45) is 0. The normalized spacial score (nSPS) is 13.0. The smallest absolute Gasteiger partial charge is 0.0543 e. The summed E-state index contributed by atoms with van der Waals surface area (Å²) < 4.78 is 0. The maximum atomic E-state index is 2.46. The van der Waals surface area contributed by atoms with Crippen LogP contribution < -0.4 is 4.90 Å². The van der Waals surface area contributed by atoms with Crippen LogP contribution in [-0.2, 0) is 5.41 Å². The molecule has 0 N–H and O–H groups in total. The fourth-order valence-electron chi connectivity index (χ4n) is 9.52. The molecule has 0 fully saturated rings. The molecule has 264 valence electrons. The van der Waals surface area contributed by atoms with Crippen molar-refractivity contribution in [3.05, 3.63) is 211 Å². The molecule has 0 saturated carbocycles. The Labute approximate surface area is 327 Å². The molecule has 10 aromatic rings. The molecule has 10 aromatic carbocycles. The van der Waals surface area contributed by atoms with E-state index in [0.717, 1.165) is 11.4 Å². The second kappa shape index (κ2) is 12.5. The molecule has 56 heavy (non-hydrogen) atoms. The predicted octanol–water partition coefficient (Wildman–Crippen LogP) is 15.4. The molecule has 1 heteroatoms. The first-order valence-corrected chi connectivity index (χ1v) is 19.6. The zero-order chi connectivity index (χ0) is 37.4. The molecule has 0 radical (unpaired) electrons. The Balaban J connectivity index is 1.10. The van der Waals surface area contributed by atoms with Gasteiger partial charge < -0.3 is 4.90 Å². The fraction of sp³-hybridized carbons (Fsp3) is 0.0545. The topological polar surface area (TPSA) is 3.24 Å². The molecule has 1 aliphatic rings. The van der Waals surface area contributed by atoms with E-state index in [4.69, 9.17) is 0 Å². The minimum absolute atomic E-state index is 0.102. The lowest BCUT2D eigenvalue weighted by atomic mass is 9.82. The Morgan fingerprint density at radius 3 is 1.64 bits per heavy atom. The molecule has 0 heterocycles. The molecule has 0 atom stereocenters. The van der Waals surface area contributed by atoms with Crippen LogP contribution in [0.25, 0.3) is 76.5 Å². The minimum atomic E-state index is -0.102. The second-order valence-corrected chi connectivity index (χ2v) is 15.7. The van der Waals surface area contributed by atoms with Crippen molar-refractivity contribution in [3.8, 4) is 33.4 Å². The highest BCUT2D eigenvalue weighted by Crippen LogP contribution is 2.54. The van der Waals surface area contributed by atoms with Crippen molar-refractivity contribution in [2.45, 2.75) is 19.3 Å². The van der Waals surface area contributed by atoms with Crippen LogP contribution in [0.5, 0.6) is 0 Å². The summed E-state index contributed by atoms with van der Waals surface area (Å²) in [6.45, 7) is 4.72. The maximum Gasteiger partial charge on any atom is 0.0543 e. The van der Waals surface area contributed by atoms with Crippen LogP contribution in [0.3, 0.4) is 0 Å². The van der Waals surface area contributed by atoms with Crippen LogP contribution in [0.2, 0.25) is 0 Å². The average Bonchev–Trinajstić information content (AvgIpc) is 3.50. The van der Waals surface area contributed by atoms with Gasteiger partial charge in [0.25, 0.3) is 0 Å². The third-order valence-electron chi connectivity index (χ3n) is 12.2. The molecular weight excluding hydrogens is 675 g/mol. The first-order chi connectivity index (χ1) is 27.5. The summed E-state index contributed by atoms with van der Waals surface area (Å²) in [5, 5.41) is 10.2. The summed E-state index contributed by atoms with van der Waals surface area (Å²) in [4.78, 5) is 2.46. The van der Waals surface area contributed by atoms with Gasteiger partial charge in [0, 0.05) is 22.4 Å². The zero-order valence-electron chi connectivity index (χ0n) is 31.5. The lowest BCUT2D eigenvalue weighted by Crippen LogP contribution is -2.16. The number of fused-ring (bicyclic) bond motifs is 9. The summed E-state index contributed by atoms with van der Waals surface area (Å²) in [7, 11) is 0. The van der Waals surface area contributed by atoms with Crippen molar-refractivity contribution in [1.29, 1.82) is 0 Å². The van der Waals surface area contributed by atoms with Gasteiger partial charge in [-0.3, -0.25) is 0 Å². The van der Waals surface area contributed by atoms with Gasteiger partial charge in [-0.1, -0.05) is 178 Å². The molecule has 1 nitrogen and oxygen atoms in total. The monoisotopic (exact) mass is 713 g/mol. The molecule has 11 rings (SSSR count). The molecule has 0 amide bonds. The second-order valence-electron chi connectivity index (χ2n) is 15.7. The number of hydrogen-bond acceptors (Lipinski definition) is 1. The van der Waals surface area contributed by atoms with Crippen LogP contribution >= 0.6 is 0 Å². The lowest BCUT2D eigenvalue weighted by molar-refractivity contribution is 0.660. The molecule has 0 aliphatic heterocycles. The highest BCUT2D eigenvalue weighted by molar-refractivity contribution is 6.23. The minimum Gasteiger partial charge on any atom is -0.310 e. The van der Waals surface area contributed by atoms with Gasteiger partial charge in [0.1, 0.15) is 0 Å². The highest BCUT2D eigenvalue weighted by atomic mass is 15.1. The van der Waals surface area contributed by atoms with Gasteiger partial charge in [-0.25, -0.2) is 0 Å². The van der Waals surface area contributed by atoms with Gasteiger partial charge in [0.2, 0.25) is 0 Å². The first-order valence-electron chi connectivity index (χ1n) is 19.6. The summed E-state index contributed by atoms with van der Waals surface area (Å²) >= 11 is 0. The summed E-state index contributed by atoms with van der Waals surface area (Å²) in [5.41, 5.74) is 13.6. The third-order valence-corrected chi connectivity index (χ3v) is 12.2. The van der Waals surface area contributed by atoms with Gasteiger partial charge in [0.15, 0.2) is 0 Å². The van der Waals surface area contributed by atoms with Crippen LogP contribution in [-0.4, -0.2) is 0 Å². The summed E-state index contributed by atoms with van der Waals surface area (Å²) in [6, 6.07) is 74.0. The number of benzene rings is 10. The Hall–Kier alpha value is -6.96. The van der Waals surface area contributed by atoms with E-state index in [1.165, 1.54) is 93.3 Å². The number of anilines is 3. The van der Waals surface area contributed by atoms with Gasteiger partial charge >= 0.3 is 0 Å². The molecule has 0 saturated heterocycles. The van der Waals surface area contributed by atoms with Gasteiger partial charge in [-0.15, -0.1) is 0 Å². The Bertz CT molecular complexity index is 3150. The van der Waals surface area contributed by atoms with E-state index in [0.29, 0.717) is 0 Å². The molecule has 1 aliphatic carbocycles. The number of nitrogens with zero attached hydrogens (tertiary/aromatic N) is 1. The van der Waals surface area contributed by atoms with E-state index < -0.39 is 0 Å². The van der Waals surface area contributed by atoms with E-state index in [9.17, 15) is 0 Å². The van der Waals surface area contributed by atoms with Crippen LogP contribution in [0.15, 0.2) is 200 Å². The van der Waals surface area contributed by atoms with Gasteiger partial charge in [-0.05, 0) is 118 Å². The van der Waals surface area contributed by atoms with Crippen LogP contribution in [0.1, 0.15) is 25.0 Å². The van der Waals surface area contributed by atoms with Crippen LogP contribution in [0.4, 0.5) is 17.1 Å². The predicted molar refractivity (Wildman–Crippen MR) is 240 cm³/mol. The van der Waals surface area contributed by atoms with Crippen molar-refractivity contribution < 1.29 is 0 Å². The van der Waals surface area contributed by atoms with Crippen molar-refractivity contribution in [1.82, 2.24) is 0 Å². The third kappa shape index (κ3) is 4.94. The zero-order valence-corrected chi connectivity index (χ0v) is 31.5. The first kappa shape index (κ1) is 32.5. The van der Waals surface area contributed by atoms with E-state index in [1.807, 2.05) is 0 Å². The van der Waals surface area contributed by atoms with E-state index in [2.05, 4.69) is 219 Å². The Morgan fingerprint density at radius 2 is 0.893 bits per heavy atom. The number of hydrogen-bond donors (Lipinski definition) is 0. The maximum absolute atomic E-state index is 2.46. The van der Waals surface area contributed by atoms with Gasteiger partial charge in [0.05, 0.1) is 5.69 Å². The molecule has 0 aromatic heterocycles. The fourth-order valence-corrected chi connectivity index (χ4v) is 9.52. The standard InChI is InChI=1S/C55H39N/c1-55(2)50-22-10-9-20-48(50)54-51(55)23-12-24-52(54)56(41-30-25-38(26-31-41)44-21-11-16-36-13-3-6-17-43(36)44)42-32-27-39(28-33-42)49-35-40-15-5-7-18-45(40)47-34-29-37-14-4-8-19-46(37)53(47)49/h3-35H,1-2H3.